The summed E-state index contributed by atoms with van der Waals surface area (Å²) in [5.74, 6) is -0.198. The SMILES string of the molecule is CN1/C(=C\C=C\C(=O)c2ccc(C(=O)/C=C/C=C3/N(C)c4ccccc4C3(C)C)cc2)C(C)(C)c2ccccc21. The number of allylic oxidation sites excluding steroid dienone is 8. The lowest BCUT2D eigenvalue weighted by Crippen LogP contribution is -2.22. The Morgan fingerprint density at radius 2 is 0.925 bits per heavy atom. The zero-order valence-electron chi connectivity index (χ0n) is 24.1. The van der Waals surface area contributed by atoms with Crippen molar-refractivity contribution in [3.05, 3.63) is 143 Å². The molecule has 0 N–H and O–H groups in total. The third kappa shape index (κ3) is 4.64. The molecule has 0 spiro atoms. The fraction of sp³-hybridized carbons (Fsp3) is 0.222. The number of carbonyl (C=O) groups is 2. The van der Waals surface area contributed by atoms with Crippen LogP contribution in [0.3, 0.4) is 0 Å². The second kappa shape index (κ2) is 10.3. The molecule has 0 atom stereocenters. The Hall–Kier alpha value is -4.44. The topological polar surface area (TPSA) is 40.6 Å². The van der Waals surface area contributed by atoms with E-state index in [-0.39, 0.29) is 22.4 Å². The van der Waals surface area contributed by atoms with Gasteiger partial charge in [-0.3, -0.25) is 9.59 Å². The molecule has 2 aliphatic heterocycles. The Morgan fingerprint density at radius 1 is 0.575 bits per heavy atom. The summed E-state index contributed by atoms with van der Waals surface area (Å²) in [4.78, 5) is 30.0. The van der Waals surface area contributed by atoms with E-state index in [1.165, 1.54) is 22.5 Å². The van der Waals surface area contributed by atoms with Crippen LogP contribution < -0.4 is 9.80 Å². The van der Waals surface area contributed by atoms with Crippen molar-refractivity contribution >= 4 is 22.9 Å². The lowest BCUT2D eigenvalue weighted by molar-refractivity contribution is 0.103. The zero-order valence-corrected chi connectivity index (χ0v) is 24.1. The quantitative estimate of drug-likeness (QED) is 0.242. The van der Waals surface area contributed by atoms with Gasteiger partial charge >= 0.3 is 0 Å². The number of benzene rings is 3. The maximum atomic E-state index is 12.8. The van der Waals surface area contributed by atoms with Crippen LogP contribution in [0.2, 0.25) is 0 Å². The monoisotopic (exact) mass is 528 g/mol. The largest absolute Gasteiger partial charge is 0.347 e. The van der Waals surface area contributed by atoms with E-state index in [1.807, 2.05) is 36.4 Å². The number of hydrogen-bond donors (Lipinski definition) is 0. The molecule has 0 radical (unpaired) electrons. The first-order valence-corrected chi connectivity index (χ1v) is 13.7. The van der Waals surface area contributed by atoms with E-state index in [0.29, 0.717) is 11.1 Å². The van der Waals surface area contributed by atoms with Gasteiger partial charge < -0.3 is 9.80 Å². The standard InChI is InChI=1S/C36H36N2O2/c1-35(2)27-13-7-9-15-29(27)37(5)33(35)19-11-17-31(39)25-21-23-26(24-22-25)32(40)18-12-20-34-36(3,4)28-14-8-10-16-30(28)38(34)6/h7-24H,1-6H3/b17-11+,18-12+,33-19-,34-20+. The molecule has 0 aliphatic carbocycles. The summed E-state index contributed by atoms with van der Waals surface area (Å²) in [5, 5.41) is 0. The number of carbonyl (C=O) groups excluding carboxylic acids is 2. The smallest absolute Gasteiger partial charge is 0.185 e. The van der Waals surface area contributed by atoms with E-state index in [9.17, 15) is 9.59 Å². The van der Waals surface area contributed by atoms with E-state index in [2.05, 4.69) is 88.0 Å². The zero-order chi connectivity index (χ0) is 28.7. The first-order chi connectivity index (χ1) is 19.0. The van der Waals surface area contributed by atoms with Crippen molar-refractivity contribution in [2.45, 2.75) is 38.5 Å². The normalized spacial score (nSPS) is 19.1. The molecule has 2 aliphatic rings. The van der Waals surface area contributed by atoms with Gasteiger partial charge in [0, 0.05) is 58.8 Å². The number of fused-ring (bicyclic) bond motifs is 2. The van der Waals surface area contributed by atoms with Crippen LogP contribution in [0.1, 0.15) is 59.5 Å². The molecule has 3 aromatic carbocycles. The van der Waals surface area contributed by atoms with Crippen LogP contribution in [0.5, 0.6) is 0 Å². The minimum atomic E-state index is -0.142. The summed E-state index contributed by atoms with van der Waals surface area (Å²) in [7, 11) is 4.11. The van der Waals surface area contributed by atoms with Gasteiger partial charge in [0.05, 0.1) is 0 Å². The van der Waals surface area contributed by atoms with Crippen LogP contribution in [-0.2, 0) is 10.8 Å². The Bertz CT molecular complexity index is 1480. The molecule has 5 rings (SSSR count). The number of para-hydroxylation sites is 2. The van der Waals surface area contributed by atoms with Crippen LogP contribution in [0.4, 0.5) is 11.4 Å². The molecule has 4 nitrogen and oxygen atoms in total. The second-order valence-electron chi connectivity index (χ2n) is 11.5. The average Bonchev–Trinajstić information content (AvgIpc) is 3.27. The molecule has 0 bridgehead atoms. The lowest BCUT2D eigenvalue weighted by Gasteiger charge is -2.23. The number of hydrogen-bond acceptors (Lipinski definition) is 4. The van der Waals surface area contributed by atoms with Gasteiger partial charge in [0.1, 0.15) is 0 Å². The van der Waals surface area contributed by atoms with Gasteiger partial charge in [-0.15, -0.1) is 0 Å². The molecular formula is C36H36N2O2. The molecule has 0 saturated heterocycles. The molecule has 0 aromatic heterocycles. The molecule has 0 fully saturated rings. The first kappa shape index (κ1) is 27.1. The van der Waals surface area contributed by atoms with E-state index in [0.717, 1.165) is 11.4 Å². The molecule has 2 heterocycles. The third-order valence-corrected chi connectivity index (χ3v) is 8.34. The van der Waals surface area contributed by atoms with Crippen molar-refractivity contribution in [1.82, 2.24) is 0 Å². The van der Waals surface area contributed by atoms with Crippen LogP contribution in [0, 0.1) is 0 Å². The Morgan fingerprint density at radius 3 is 1.27 bits per heavy atom. The van der Waals surface area contributed by atoms with Gasteiger partial charge in [0.25, 0.3) is 0 Å². The fourth-order valence-corrected chi connectivity index (χ4v) is 6.05. The highest BCUT2D eigenvalue weighted by molar-refractivity contribution is 6.07. The van der Waals surface area contributed by atoms with E-state index < -0.39 is 0 Å². The fourth-order valence-electron chi connectivity index (χ4n) is 6.05. The number of ketones is 2. The minimum absolute atomic E-state index is 0.0989. The summed E-state index contributed by atoms with van der Waals surface area (Å²) in [6.45, 7) is 8.79. The Balaban J connectivity index is 1.25. The van der Waals surface area contributed by atoms with Gasteiger partial charge in [-0.25, -0.2) is 0 Å². The van der Waals surface area contributed by atoms with Gasteiger partial charge in [-0.1, -0.05) is 101 Å². The summed E-state index contributed by atoms with van der Waals surface area (Å²) in [6, 6.07) is 23.6. The summed E-state index contributed by atoms with van der Waals surface area (Å²) >= 11 is 0. The van der Waals surface area contributed by atoms with E-state index in [1.54, 1.807) is 36.4 Å². The molecule has 0 unspecified atom stereocenters. The van der Waals surface area contributed by atoms with Gasteiger partial charge in [-0.2, -0.15) is 0 Å². The van der Waals surface area contributed by atoms with Crippen LogP contribution in [-0.4, -0.2) is 25.7 Å². The molecule has 3 aromatic rings. The third-order valence-electron chi connectivity index (χ3n) is 8.34. The second-order valence-corrected chi connectivity index (χ2v) is 11.5. The highest BCUT2D eigenvalue weighted by Crippen LogP contribution is 2.47. The van der Waals surface area contributed by atoms with Gasteiger partial charge in [0.2, 0.25) is 0 Å². The Labute approximate surface area is 237 Å². The number of rotatable bonds is 6. The van der Waals surface area contributed by atoms with Crippen LogP contribution in [0.15, 0.2) is 121 Å². The van der Waals surface area contributed by atoms with Crippen molar-refractivity contribution in [2.24, 2.45) is 0 Å². The van der Waals surface area contributed by atoms with E-state index in [4.69, 9.17) is 0 Å². The molecule has 4 heteroatoms. The van der Waals surface area contributed by atoms with Gasteiger partial charge in [-0.05, 0) is 47.6 Å². The van der Waals surface area contributed by atoms with Crippen LogP contribution in [0.25, 0.3) is 0 Å². The summed E-state index contributed by atoms with van der Waals surface area (Å²) < 4.78 is 0. The number of nitrogens with zero attached hydrogens (tertiary/aromatic N) is 2. The van der Waals surface area contributed by atoms with Crippen molar-refractivity contribution in [3.8, 4) is 0 Å². The van der Waals surface area contributed by atoms with Crippen molar-refractivity contribution in [2.75, 3.05) is 23.9 Å². The van der Waals surface area contributed by atoms with Gasteiger partial charge in [0.15, 0.2) is 11.6 Å². The highest BCUT2D eigenvalue weighted by Gasteiger charge is 2.38. The number of anilines is 2. The minimum Gasteiger partial charge on any atom is -0.347 e. The predicted molar refractivity (Wildman–Crippen MR) is 165 cm³/mol. The molecule has 0 amide bonds. The average molecular weight is 529 g/mol. The molecule has 40 heavy (non-hydrogen) atoms. The Kier molecular flexibility index (Phi) is 6.97. The molecule has 0 saturated carbocycles. The summed E-state index contributed by atoms with van der Waals surface area (Å²) in [6.07, 6.45) is 10.8. The van der Waals surface area contributed by atoms with Crippen LogP contribution >= 0.6 is 0 Å². The highest BCUT2D eigenvalue weighted by atomic mass is 16.1. The summed E-state index contributed by atoms with van der Waals surface area (Å²) in [5.41, 5.74) is 8.01. The van der Waals surface area contributed by atoms with Crippen molar-refractivity contribution < 1.29 is 9.59 Å². The molecule has 202 valence electrons. The number of likely N-dealkylation sites (N-methyl/N-ethyl adjacent to an activating group) is 2. The lowest BCUT2D eigenvalue weighted by atomic mass is 9.84. The first-order valence-electron chi connectivity index (χ1n) is 13.7. The van der Waals surface area contributed by atoms with Crippen molar-refractivity contribution in [1.29, 1.82) is 0 Å². The maximum absolute atomic E-state index is 12.8. The van der Waals surface area contributed by atoms with Crippen molar-refractivity contribution in [3.63, 3.8) is 0 Å². The molecular weight excluding hydrogens is 492 g/mol. The predicted octanol–water partition coefficient (Wildman–Crippen LogP) is 7.79. The van der Waals surface area contributed by atoms with E-state index >= 15 is 0 Å². The maximum Gasteiger partial charge on any atom is 0.185 e.